The number of ether oxygens (including phenoxy) is 1. The van der Waals surface area contributed by atoms with Crippen LogP contribution in [0.1, 0.15) is 20.3 Å². The summed E-state index contributed by atoms with van der Waals surface area (Å²) >= 11 is 5.75. The van der Waals surface area contributed by atoms with Gasteiger partial charge in [0.25, 0.3) is 0 Å². The molecule has 7 heteroatoms. The molecular formula is C15H20ClNO4S. The lowest BCUT2D eigenvalue weighted by atomic mass is 10.2. The average molecular weight is 346 g/mol. The van der Waals surface area contributed by atoms with Gasteiger partial charge in [-0.15, -0.1) is 0 Å². The molecule has 0 spiro atoms. The fourth-order valence-corrected chi connectivity index (χ4v) is 3.88. The summed E-state index contributed by atoms with van der Waals surface area (Å²) in [5.74, 6) is -0.354. The lowest BCUT2D eigenvalue weighted by Gasteiger charge is -2.35. The predicted molar refractivity (Wildman–Crippen MR) is 84.7 cm³/mol. The molecule has 0 aromatic heterocycles. The average Bonchev–Trinajstić information content (AvgIpc) is 2.44. The molecule has 2 rings (SSSR count). The number of nitrogens with zero attached hydrogens (tertiary/aromatic N) is 1. The number of sulfone groups is 1. The number of rotatable bonds is 4. The molecule has 22 heavy (non-hydrogen) atoms. The Balaban J connectivity index is 1.96. The fraction of sp³-hybridized carbons (Fsp3) is 0.533. The van der Waals surface area contributed by atoms with E-state index in [0.29, 0.717) is 18.1 Å². The van der Waals surface area contributed by atoms with Crippen LogP contribution in [0.3, 0.4) is 0 Å². The fourth-order valence-electron chi connectivity index (χ4n) is 2.52. The molecule has 1 aliphatic rings. The number of hydrogen-bond donors (Lipinski definition) is 0. The lowest BCUT2D eigenvalue weighted by molar-refractivity contribution is -0.142. The van der Waals surface area contributed by atoms with E-state index in [9.17, 15) is 13.2 Å². The summed E-state index contributed by atoms with van der Waals surface area (Å²) in [5, 5.41) is 0.478. The van der Waals surface area contributed by atoms with Gasteiger partial charge in [-0.2, -0.15) is 0 Å². The van der Waals surface area contributed by atoms with Crippen LogP contribution in [0.5, 0.6) is 0 Å². The quantitative estimate of drug-likeness (QED) is 0.838. The molecule has 0 N–H and O–H groups in total. The van der Waals surface area contributed by atoms with Crippen LogP contribution in [0.25, 0.3) is 0 Å². The smallest absolute Gasteiger partial charge is 0.223 e. The molecule has 1 amide bonds. The molecule has 0 radical (unpaired) electrons. The Kier molecular flexibility index (Phi) is 5.47. The molecule has 1 aromatic rings. The van der Waals surface area contributed by atoms with Gasteiger partial charge in [-0.25, -0.2) is 8.42 Å². The third kappa shape index (κ3) is 4.44. The van der Waals surface area contributed by atoms with Crippen molar-refractivity contribution in [2.75, 3.05) is 18.8 Å². The van der Waals surface area contributed by atoms with E-state index in [4.69, 9.17) is 16.3 Å². The Morgan fingerprint density at radius 1 is 1.23 bits per heavy atom. The van der Waals surface area contributed by atoms with Crippen LogP contribution < -0.4 is 0 Å². The number of carbonyl (C=O) groups excluding carboxylic acids is 1. The third-order valence-electron chi connectivity index (χ3n) is 3.53. The van der Waals surface area contributed by atoms with Crippen LogP contribution in [0.2, 0.25) is 5.02 Å². The van der Waals surface area contributed by atoms with Crippen LogP contribution in [0.15, 0.2) is 29.2 Å². The van der Waals surface area contributed by atoms with Gasteiger partial charge >= 0.3 is 0 Å². The van der Waals surface area contributed by atoms with E-state index in [1.807, 2.05) is 13.8 Å². The van der Waals surface area contributed by atoms with Crippen molar-refractivity contribution in [2.45, 2.75) is 37.4 Å². The maximum Gasteiger partial charge on any atom is 0.223 e. The second-order valence-corrected chi connectivity index (χ2v) is 8.12. The molecule has 1 saturated heterocycles. The van der Waals surface area contributed by atoms with Crippen LogP contribution >= 0.6 is 11.6 Å². The van der Waals surface area contributed by atoms with Gasteiger partial charge in [0.1, 0.15) is 0 Å². The van der Waals surface area contributed by atoms with Gasteiger partial charge in [0.2, 0.25) is 5.91 Å². The van der Waals surface area contributed by atoms with Crippen molar-refractivity contribution in [2.24, 2.45) is 0 Å². The van der Waals surface area contributed by atoms with Crippen LogP contribution in [-0.2, 0) is 19.4 Å². The molecule has 5 nitrogen and oxygen atoms in total. The van der Waals surface area contributed by atoms with E-state index in [1.165, 1.54) is 24.3 Å². The minimum atomic E-state index is -3.48. The summed E-state index contributed by atoms with van der Waals surface area (Å²) in [6.45, 7) is 4.81. The van der Waals surface area contributed by atoms with Crippen molar-refractivity contribution in [3.8, 4) is 0 Å². The molecule has 1 aliphatic heterocycles. The summed E-state index contributed by atoms with van der Waals surface area (Å²) < 4.78 is 30.0. The molecule has 1 aromatic carbocycles. The van der Waals surface area contributed by atoms with Crippen molar-refractivity contribution in [1.29, 1.82) is 0 Å². The molecule has 0 bridgehead atoms. The second-order valence-electron chi connectivity index (χ2n) is 5.58. The van der Waals surface area contributed by atoms with Gasteiger partial charge in [0.05, 0.1) is 22.9 Å². The van der Waals surface area contributed by atoms with Crippen LogP contribution in [0.4, 0.5) is 0 Å². The van der Waals surface area contributed by atoms with Gasteiger partial charge in [-0.1, -0.05) is 11.6 Å². The van der Waals surface area contributed by atoms with E-state index in [1.54, 1.807) is 4.90 Å². The minimum absolute atomic E-state index is 0.0234. The monoisotopic (exact) mass is 345 g/mol. The molecule has 1 fully saturated rings. The minimum Gasteiger partial charge on any atom is -0.372 e. The topological polar surface area (TPSA) is 63.7 Å². The van der Waals surface area contributed by atoms with Gasteiger partial charge in [-0.05, 0) is 38.1 Å². The number of halogens is 1. The van der Waals surface area contributed by atoms with E-state index < -0.39 is 9.84 Å². The Bertz CT molecular complexity index is 619. The molecular weight excluding hydrogens is 326 g/mol. The maximum atomic E-state index is 12.2. The molecule has 0 saturated carbocycles. The molecule has 1 heterocycles. The summed E-state index contributed by atoms with van der Waals surface area (Å²) in [7, 11) is -3.48. The first kappa shape index (κ1) is 17.2. The predicted octanol–water partition coefficient (Wildman–Crippen LogP) is 2.14. The SMILES string of the molecule is C[C@@H]1CN(C(=O)CCS(=O)(=O)c2ccc(Cl)cc2)C[C@@H](C)O1. The number of morpholine rings is 1. The highest BCUT2D eigenvalue weighted by atomic mass is 35.5. The van der Waals surface area contributed by atoms with E-state index >= 15 is 0 Å². The van der Waals surface area contributed by atoms with Gasteiger partial charge < -0.3 is 9.64 Å². The Morgan fingerprint density at radius 2 is 1.77 bits per heavy atom. The van der Waals surface area contributed by atoms with Crippen molar-refractivity contribution >= 4 is 27.3 Å². The highest BCUT2D eigenvalue weighted by Gasteiger charge is 2.27. The highest BCUT2D eigenvalue weighted by Crippen LogP contribution is 2.17. The maximum absolute atomic E-state index is 12.2. The lowest BCUT2D eigenvalue weighted by Crippen LogP contribution is -2.48. The van der Waals surface area contributed by atoms with E-state index in [2.05, 4.69) is 0 Å². The number of benzene rings is 1. The van der Waals surface area contributed by atoms with E-state index in [-0.39, 0.29) is 35.2 Å². The Labute approximate surface area is 136 Å². The summed E-state index contributed by atoms with van der Waals surface area (Å²) in [4.78, 5) is 14.1. The first-order valence-electron chi connectivity index (χ1n) is 7.19. The normalized spacial score (nSPS) is 22.6. The first-order chi connectivity index (χ1) is 10.3. The number of carbonyl (C=O) groups is 1. The largest absolute Gasteiger partial charge is 0.372 e. The number of hydrogen-bond acceptors (Lipinski definition) is 4. The Hall–Kier alpha value is -1.11. The molecule has 0 aliphatic carbocycles. The van der Waals surface area contributed by atoms with Crippen molar-refractivity contribution in [1.82, 2.24) is 4.90 Å². The van der Waals surface area contributed by atoms with E-state index in [0.717, 1.165) is 0 Å². The zero-order valence-electron chi connectivity index (χ0n) is 12.7. The second kappa shape index (κ2) is 6.98. The van der Waals surface area contributed by atoms with Crippen molar-refractivity contribution in [3.05, 3.63) is 29.3 Å². The molecule has 0 unspecified atom stereocenters. The third-order valence-corrected chi connectivity index (χ3v) is 5.51. The van der Waals surface area contributed by atoms with Gasteiger partial charge in [0, 0.05) is 24.5 Å². The zero-order chi connectivity index (χ0) is 16.3. The molecule has 122 valence electrons. The summed E-state index contributed by atoms with van der Waals surface area (Å²) in [6, 6.07) is 5.98. The van der Waals surface area contributed by atoms with Crippen molar-refractivity contribution < 1.29 is 17.9 Å². The zero-order valence-corrected chi connectivity index (χ0v) is 14.2. The van der Waals surface area contributed by atoms with Crippen LogP contribution in [0, 0.1) is 0 Å². The standard InChI is InChI=1S/C15H20ClNO4S/c1-11-9-17(10-12(2)21-11)15(18)7-8-22(19,20)14-5-3-13(16)4-6-14/h3-6,11-12H,7-10H2,1-2H3/t11-,12-/m1/s1. The highest BCUT2D eigenvalue weighted by molar-refractivity contribution is 7.91. The summed E-state index contributed by atoms with van der Waals surface area (Å²) in [6.07, 6.45) is -0.0779. The summed E-state index contributed by atoms with van der Waals surface area (Å²) in [5.41, 5.74) is 0. The van der Waals surface area contributed by atoms with Crippen LogP contribution in [-0.4, -0.2) is 50.3 Å². The van der Waals surface area contributed by atoms with Crippen molar-refractivity contribution in [3.63, 3.8) is 0 Å². The van der Waals surface area contributed by atoms with Gasteiger partial charge in [-0.3, -0.25) is 4.79 Å². The Morgan fingerprint density at radius 3 is 2.32 bits per heavy atom. The van der Waals surface area contributed by atoms with Gasteiger partial charge in [0.15, 0.2) is 9.84 Å². The first-order valence-corrected chi connectivity index (χ1v) is 9.22. The molecule has 2 atom stereocenters. The number of amides is 1.